The van der Waals surface area contributed by atoms with Crippen LogP contribution in [0.25, 0.3) is 0 Å². The number of nitrogens with two attached hydrogens (primary N) is 1. The lowest BCUT2D eigenvalue weighted by Crippen LogP contribution is -2.67. The van der Waals surface area contributed by atoms with Crippen LogP contribution >= 0.6 is 11.8 Å². The van der Waals surface area contributed by atoms with Gasteiger partial charge < -0.3 is 10.6 Å². The van der Waals surface area contributed by atoms with Crippen molar-refractivity contribution in [2.45, 2.75) is 45.7 Å². The van der Waals surface area contributed by atoms with E-state index in [1.165, 1.54) is 0 Å². The molecule has 0 aromatic rings. The van der Waals surface area contributed by atoms with Crippen LogP contribution in [0.5, 0.6) is 0 Å². The van der Waals surface area contributed by atoms with Gasteiger partial charge in [-0.25, -0.2) is 4.79 Å². The quantitative estimate of drug-likeness (QED) is 0.780. The highest BCUT2D eigenvalue weighted by atomic mass is 32.2. The highest BCUT2D eigenvalue weighted by Crippen LogP contribution is 2.49. The maximum Gasteiger partial charge on any atom is 0.346 e. The second-order valence-corrected chi connectivity index (χ2v) is 6.90. The van der Waals surface area contributed by atoms with E-state index in [1.54, 1.807) is 0 Å². The number of carbonyl (C=O) groups excluding carboxylic acids is 1. The molecule has 96 valence electrons. The maximum atomic E-state index is 12.0. The van der Waals surface area contributed by atoms with E-state index >= 15 is 0 Å². The molecular weight excluding hydrogens is 234 g/mol. The minimum Gasteiger partial charge on any atom is -0.385 e. The summed E-state index contributed by atoms with van der Waals surface area (Å²) >= 11 is 1.87. The van der Waals surface area contributed by atoms with Crippen LogP contribution in [0.3, 0.4) is 0 Å². The van der Waals surface area contributed by atoms with E-state index in [0.29, 0.717) is 5.84 Å². The summed E-state index contributed by atoms with van der Waals surface area (Å²) in [6.07, 6.45) is 1.06. The van der Waals surface area contributed by atoms with Crippen molar-refractivity contribution in [2.75, 3.05) is 11.5 Å². The first-order chi connectivity index (χ1) is 7.83. The van der Waals surface area contributed by atoms with Crippen molar-refractivity contribution in [1.82, 2.24) is 4.90 Å². The molecule has 0 aromatic carbocycles. The summed E-state index contributed by atoms with van der Waals surface area (Å²) in [5.74, 6) is 2.50. The fourth-order valence-corrected chi connectivity index (χ4v) is 4.74. The molecule has 1 spiro atoms. The van der Waals surface area contributed by atoms with E-state index in [9.17, 15) is 4.79 Å². The molecule has 1 fully saturated rings. The number of hydrogen-bond donors (Lipinski definition) is 1. The van der Waals surface area contributed by atoms with E-state index in [0.717, 1.165) is 17.9 Å². The summed E-state index contributed by atoms with van der Waals surface area (Å²) in [6, 6.07) is -0.0432. The molecule has 1 saturated heterocycles. The van der Waals surface area contributed by atoms with Crippen LogP contribution in [0, 0.1) is 5.41 Å². The molecule has 2 aliphatic heterocycles. The third-order valence-corrected chi connectivity index (χ3v) is 5.19. The van der Waals surface area contributed by atoms with Gasteiger partial charge in [0.05, 0.1) is 0 Å². The highest BCUT2D eigenvalue weighted by molar-refractivity contribution is 7.99. The molecule has 5 heteroatoms. The Kier molecular flexibility index (Phi) is 2.92. The Morgan fingerprint density at radius 3 is 2.65 bits per heavy atom. The summed E-state index contributed by atoms with van der Waals surface area (Å²) in [6.45, 7) is 8.46. The number of urea groups is 1. The average molecular weight is 255 g/mol. The fourth-order valence-electron chi connectivity index (χ4n) is 2.96. The Hall–Kier alpha value is -0.710. The van der Waals surface area contributed by atoms with E-state index in [-0.39, 0.29) is 23.0 Å². The van der Waals surface area contributed by atoms with Gasteiger partial charge >= 0.3 is 6.03 Å². The topological polar surface area (TPSA) is 58.7 Å². The fraction of sp³-hybridized carbons (Fsp3) is 0.833. The van der Waals surface area contributed by atoms with Gasteiger partial charge in [0.15, 0.2) is 0 Å². The van der Waals surface area contributed by atoms with Gasteiger partial charge in [0, 0.05) is 11.8 Å². The molecule has 0 radical (unpaired) electrons. The van der Waals surface area contributed by atoms with Crippen molar-refractivity contribution in [3.05, 3.63) is 0 Å². The Morgan fingerprint density at radius 2 is 2.12 bits per heavy atom. The predicted octanol–water partition coefficient (Wildman–Crippen LogP) is 2.09. The summed E-state index contributed by atoms with van der Waals surface area (Å²) in [5.41, 5.74) is 5.71. The van der Waals surface area contributed by atoms with Crippen LogP contribution < -0.4 is 5.73 Å². The third-order valence-electron chi connectivity index (χ3n) is 4.08. The van der Waals surface area contributed by atoms with Crippen LogP contribution in [-0.2, 0) is 0 Å². The summed E-state index contributed by atoms with van der Waals surface area (Å²) in [7, 11) is 0. The Balaban J connectivity index is 2.51. The van der Waals surface area contributed by atoms with Crippen LogP contribution in [0.4, 0.5) is 4.79 Å². The molecule has 4 nitrogen and oxygen atoms in total. The molecule has 1 unspecified atom stereocenters. The molecule has 0 aromatic heterocycles. The summed E-state index contributed by atoms with van der Waals surface area (Å²) in [4.78, 5) is 18.0. The molecule has 0 aliphatic carbocycles. The van der Waals surface area contributed by atoms with E-state index < -0.39 is 0 Å². The van der Waals surface area contributed by atoms with Gasteiger partial charge in [0.1, 0.15) is 11.4 Å². The van der Waals surface area contributed by atoms with Gasteiger partial charge in [0.2, 0.25) is 0 Å². The largest absolute Gasteiger partial charge is 0.385 e. The van der Waals surface area contributed by atoms with E-state index in [4.69, 9.17) is 5.73 Å². The molecule has 0 bridgehead atoms. The Labute approximate surface area is 107 Å². The highest BCUT2D eigenvalue weighted by Gasteiger charge is 2.59. The molecule has 2 heterocycles. The average Bonchev–Trinajstić information content (AvgIpc) is 2.44. The van der Waals surface area contributed by atoms with Gasteiger partial charge in [-0.2, -0.15) is 16.8 Å². The standard InChI is InChI=1S/C12H21N3OS/c1-8(2)15-10(16)14-9(13)12(15)7-17-6-5-11(12,3)4/h8H,5-7H2,1-4H3,(H2,13,14,16). The molecule has 1 atom stereocenters. The number of amidine groups is 1. The lowest BCUT2D eigenvalue weighted by molar-refractivity contribution is 0.0679. The van der Waals surface area contributed by atoms with Crippen molar-refractivity contribution >= 4 is 23.6 Å². The minimum absolute atomic E-state index is 0.0116. The number of amides is 2. The lowest BCUT2D eigenvalue weighted by Gasteiger charge is -2.53. The molecular formula is C12H21N3OS. The van der Waals surface area contributed by atoms with E-state index in [1.807, 2.05) is 30.5 Å². The molecule has 2 rings (SSSR count). The van der Waals surface area contributed by atoms with Crippen LogP contribution in [0.1, 0.15) is 34.1 Å². The first-order valence-corrected chi connectivity index (χ1v) is 7.24. The van der Waals surface area contributed by atoms with Gasteiger partial charge in [-0.05, 0) is 31.4 Å². The number of thioether (sulfide) groups is 1. The van der Waals surface area contributed by atoms with Crippen molar-refractivity contribution in [3.8, 4) is 0 Å². The zero-order chi connectivity index (χ0) is 12.8. The maximum absolute atomic E-state index is 12.0. The molecule has 17 heavy (non-hydrogen) atoms. The second-order valence-electron chi connectivity index (χ2n) is 5.79. The lowest BCUT2D eigenvalue weighted by atomic mass is 9.69. The first kappa shape index (κ1) is 12.7. The van der Waals surface area contributed by atoms with Crippen LogP contribution in [0.2, 0.25) is 0 Å². The van der Waals surface area contributed by atoms with Crippen molar-refractivity contribution < 1.29 is 4.79 Å². The predicted molar refractivity (Wildman–Crippen MR) is 72.4 cm³/mol. The van der Waals surface area contributed by atoms with Gasteiger partial charge in [0.25, 0.3) is 0 Å². The normalized spacial score (nSPS) is 32.4. The van der Waals surface area contributed by atoms with Crippen molar-refractivity contribution in [2.24, 2.45) is 16.1 Å². The summed E-state index contributed by atoms with van der Waals surface area (Å²) < 4.78 is 0. The minimum atomic E-state index is -0.388. The van der Waals surface area contributed by atoms with Crippen molar-refractivity contribution in [1.29, 1.82) is 0 Å². The second kappa shape index (κ2) is 3.90. The van der Waals surface area contributed by atoms with Gasteiger partial charge in [-0.3, -0.25) is 0 Å². The molecule has 2 N–H and O–H groups in total. The Bertz CT molecular complexity index is 378. The van der Waals surface area contributed by atoms with Crippen LogP contribution in [-0.4, -0.2) is 39.9 Å². The monoisotopic (exact) mass is 255 g/mol. The van der Waals surface area contributed by atoms with Gasteiger partial charge in [-0.15, -0.1) is 0 Å². The van der Waals surface area contributed by atoms with Gasteiger partial charge in [-0.1, -0.05) is 13.8 Å². The molecule has 2 amide bonds. The third kappa shape index (κ3) is 1.58. The SMILES string of the molecule is CC(C)N1C(=O)N=C(N)C12CSCCC2(C)C. The number of rotatable bonds is 1. The molecule has 0 saturated carbocycles. The zero-order valence-corrected chi connectivity index (χ0v) is 11.8. The first-order valence-electron chi connectivity index (χ1n) is 6.08. The number of nitrogens with zero attached hydrogens (tertiary/aromatic N) is 2. The summed E-state index contributed by atoms with van der Waals surface area (Å²) in [5, 5.41) is 0. The number of aliphatic imine (C=N–C) groups is 1. The Morgan fingerprint density at radius 1 is 1.47 bits per heavy atom. The zero-order valence-electron chi connectivity index (χ0n) is 11.0. The number of carbonyl (C=O) groups is 1. The number of hydrogen-bond acceptors (Lipinski definition) is 3. The van der Waals surface area contributed by atoms with Crippen LogP contribution in [0.15, 0.2) is 4.99 Å². The molecule has 2 aliphatic rings. The van der Waals surface area contributed by atoms with Crippen molar-refractivity contribution in [3.63, 3.8) is 0 Å². The smallest absolute Gasteiger partial charge is 0.346 e. The van der Waals surface area contributed by atoms with E-state index in [2.05, 4.69) is 18.8 Å².